The van der Waals surface area contributed by atoms with Gasteiger partial charge in [0, 0.05) is 5.39 Å². The Bertz CT molecular complexity index is 811. The minimum atomic E-state index is -0.980. The number of methoxy groups -OCH3 is 1. The molecule has 108 valence electrons. The molecule has 0 saturated heterocycles. The Morgan fingerprint density at radius 3 is 3.00 bits per heavy atom. The second-order valence-electron chi connectivity index (χ2n) is 4.48. The van der Waals surface area contributed by atoms with Gasteiger partial charge in [0.25, 0.3) is 0 Å². The van der Waals surface area contributed by atoms with Crippen molar-refractivity contribution < 1.29 is 14.6 Å². The smallest absolute Gasteiger partial charge is 0.328 e. The molecule has 7 nitrogen and oxygen atoms in total. The normalized spacial score (nSPS) is 12.5. The lowest BCUT2D eigenvalue weighted by Gasteiger charge is -2.07. The summed E-state index contributed by atoms with van der Waals surface area (Å²) in [5.74, 6) is 0.242. The highest BCUT2D eigenvalue weighted by molar-refractivity contribution is 7.15. The fourth-order valence-electron chi connectivity index (χ4n) is 2.04. The van der Waals surface area contributed by atoms with Gasteiger partial charge in [0.2, 0.25) is 0 Å². The number of aliphatic carboxylic acids is 1. The Hall–Kier alpha value is -2.48. The van der Waals surface area contributed by atoms with E-state index < -0.39 is 12.0 Å². The Labute approximate surface area is 123 Å². The number of carbonyl (C=O) groups is 1. The number of thiophene rings is 1. The van der Waals surface area contributed by atoms with Crippen LogP contribution in [-0.2, 0) is 4.79 Å². The number of carboxylic acid groups (broad SMARTS) is 1. The van der Waals surface area contributed by atoms with E-state index in [1.807, 2.05) is 23.6 Å². The number of tetrazole rings is 1. The molecule has 1 atom stereocenters. The Morgan fingerprint density at radius 1 is 1.48 bits per heavy atom. The van der Waals surface area contributed by atoms with Gasteiger partial charge in [-0.05, 0) is 46.3 Å². The van der Waals surface area contributed by atoms with Crippen LogP contribution in [0.25, 0.3) is 21.5 Å². The number of carboxylic acids is 1. The van der Waals surface area contributed by atoms with Crippen molar-refractivity contribution in [1.29, 1.82) is 0 Å². The lowest BCUT2D eigenvalue weighted by Crippen LogP contribution is -2.17. The van der Waals surface area contributed by atoms with Crippen LogP contribution >= 0.6 is 11.3 Å². The molecule has 1 aromatic carbocycles. The summed E-state index contributed by atoms with van der Waals surface area (Å²) < 4.78 is 6.51. The fraction of sp³-hybridized carbons (Fsp3) is 0.231. The number of fused-ring (bicyclic) bond motifs is 1. The van der Waals surface area contributed by atoms with Crippen LogP contribution in [0.2, 0.25) is 0 Å². The Kier molecular flexibility index (Phi) is 3.30. The van der Waals surface area contributed by atoms with Gasteiger partial charge in [-0.25, -0.2) is 9.48 Å². The highest BCUT2D eigenvalue weighted by Crippen LogP contribution is 2.35. The molecule has 0 amide bonds. The lowest BCUT2D eigenvalue weighted by molar-refractivity contribution is -0.140. The average molecular weight is 304 g/mol. The highest BCUT2D eigenvalue weighted by Gasteiger charge is 2.22. The fourth-order valence-corrected chi connectivity index (χ4v) is 3.03. The number of hydrogen-bond acceptors (Lipinski definition) is 6. The van der Waals surface area contributed by atoms with E-state index in [0.717, 1.165) is 21.4 Å². The summed E-state index contributed by atoms with van der Waals surface area (Å²) in [5, 5.41) is 24.4. The van der Waals surface area contributed by atoms with Crippen LogP contribution in [0.15, 0.2) is 23.6 Å². The Morgan fingerprint density at radius 2 is 2.29 bits per heavy atom. The first-order valence-corrected chi connectivity index (χ1v) is 7.06. The van der Waals surface area contributed by atoms with E-state index in [9.17, 15) is 4.79 Å². The van der Waals surface area contributed by atoms with Gasteiger partial charge >= 0.3 is 5.97 Å². The second kappa shape index (κ2) is 5.13. The van der Waals surface area contributed by atoms with E-state index in [1.54, 1.807) is 14.0 Å². The van der Waals surface area contributed by atoms with Crippen LogP contribution in [-0.4, -0.2) is 38.4 Å². The number of ether oxygens (including phenoxy) is 1. The quantitative estimate of drug-likeness (QED) is 0.794. The summed E-state index contributed by atoms with van der Waals surface area (Å²) in [6.07, 6.45) is 0. The molecule has 0 spiro atoms. The molecular weight excluding hydrogens is 292 g/mol. The first-order valence-electron chi connectivity index (χ1n) is 6.18. The van der Waals surface area contributed by atoms with Gasteiger partial charge in [-0.2, -0.15) is 0 Å². The zero-order chi connectivity index (χ0) is 15.0. The van der Waals surface area contributed by atoms with Crippen molar-refractivity contribution in [3.8, 4) is 16.5 Å². The van der Waals surface area contributed by atoms with Crippen LogP contribution in [0, 0.1) is 0 Å². The predicted octanol–water partition coefficient (Wildman–Crippen LogP) is 2.21. The van der Waals surface area contributed by atoms with E-state index in [0.29, 0.717) is 5.82 Å². The minimum absolute atomic E-state index is 0.454. The van der Waals surface area contributed by atoms with Crippen molar-refractivity contribution in [1.82, 2.24) is 20.2 Å². The molecule has 3 rings (SSSR count). The maximum absolute atomic E-state index is 11.1. The van der Waals surface area contributed by atoms with E-state index in [4.69, 9.17) is 9.84 Å². The number of benzene rings is 1. The van der Waals surface area contributed by atoms with Crippen LogP contribution in [0.3, 0.4) is 0 Å². The van der Waals surface area contributed by atoms with Gasteiger partial charge in [-0.1, -0.05) is 0 Å². The standard InChI is InChI=1S/C13H12N4O3S/c1-7(13(18)19)17-12(14-15-16-17)11-10-4-3-9(20-2)5-8(10)6-21-11/h3-7H,1-2H3,(H,18,19). The van der Waals surface area contributed by atoms with Crippen molar-refractivity contribution in [2.75, 3.05) is 7.11 Å². The maximum Gasteiger partial charge on any atom is 0.328 e. The minimum Gasteiger partial charge on any atom is -0.497 e. The summed E-state index contributed by atoms with van der Waals surface area (Å²) in [4.78, 5) is 12.0. The summed E-state index contributed by atoms with van der Waals surface area (Å²) in [6.45, 7) is 1.54. The third-order valence-electron chi connectivity index (χ3n) is 3.23. The molecule has 2 heterocycles. The molecule has 0 fully saturated rings. The molecule has 0 aliphatic rings. The molecule has 1 N–H and O–H groups in total. The number of rotatable bonds is 4. The van der Waals surface area contributed by atoms with Gasteiger partial charge in [0.1, 0.15) is 5.75 Å². The summed E-state index contributed by atoms with van der Waals surface area (Å²) in [7, 11) is 1.61. The number of hydrogen-bond donors (Lipinski definition) is 1. The summed E-state index contributed by atoms with van der Waals surface area (Å²) in [6, 6.07) is 4.87. The molecule has 3 aromatic rings. The van der Waals surface area contributed by atoms with E-state index >= 15 is 0 Å². The molecule has 21 heavy (non-hydrogen) atoms. The number of nitrogens with zero attached hydrogens (tertiary/aromatic N) is 4. The van der Waals surface area contributed by atoms with Crippen LogP contribution in [0.5, 0.6) is 5.75 Å². The first kappa shape index (κ1) is 13.5. The summed E-state index contributed by atoms with van der Waals surface area (Å²) in [5.41, 5.74) is 0. The monoisotopic (exact) mass is 304 g/mol. The molecule has 0 radical (unpaired) electrons. The molecular formula is C13H12N4O3S. The zero-order valence-electron chi connectivity index (χ0n) is 11.3. The van der Waals surface area contributed by atoms with Gasteiger partial charge in [-0.15, -0.1) is 16.4 Å². The molecule has 8 heteroatoms. The molecule has 0 aliphatic carbocycles. The van der Waals surface area contributed by atoms with Crippen molar-refractivity contribution in [3.63, 3.8) is 0 Å². The molecule has 0 saturated carbocycles. The molecule has 0 aliphatic heterocycles. The molecule has 2 aromatic heterocycles. The van der Waals surface area contributed by atoms with Gasteiger partial charge in [0.05, 0.1) is 12.0 Å². The number of aromatic nitrogens is 4. The van der Waals surface area contributed by atoms with Crippen LogP contribution in [0.4, 0.5) is 0 Å². The topological polar surface area (TPSA) is 90.1 Å². The lowest BCUT2D eigenvalue weighted by atomic mass is 10.1. The highest BCUT2D eigenvalue weighted by atomic mass is 32.1. The third kappa shape index (κ3) is 2.23. The SMILES string of the molecule is COc1ccc2c(-c3nnnn3C(C)C(=O)O)scc2c1. The Balaban J connectivity index is 2.14. The van der Waals surface area contributed by atoms with E-state index in [1.165, 1.54) is 16.0 Å². The first-order chi connectivity index (χ1) is 10.1. The van der Waals surface area contributed by atoms with Crippen molar-refractivity contribution in [2.24, 2.45) is 0 Å². The average Bonchev–Trinajstić information content (AvgIpc) is 3.11. The largest absolute Gasteiger partial charge is 0.497 e. The second-order valence-corrected chi connectivity index (χ2v) is 5.36. The van der Waals surface area contributed by atoms with Crippen LogP contribution < -0.4 is 4.74 Å². The van der Waals surface area contributed by atoms with Gasteiger partial charge in [-0.3, -0.25) is 0 Å². The van der Waals surface area contributed by atoms with Crippen molar-refractivity contribution in [2.45, 2.75) is 13.0 Å². The zero-order valence-corrected chi connectivity index (χ0v) is 12.2. The predicted molar refractivity (Wildman–Crippen MR) is 77.5 cm³/mol. The van der Waals surface area contributed by atoms with Crippen molar-refractivity contribution >= 4 is 28.1 Å². The third-order valence-corrected chi connectivity index (χ3v) is 4.24. The van der Waals surface area contributed by atoms with Gasteiger partial charge < -0.3 is 9.84 Å². The van der Waals surface area contributed by atoms with Gasteiger partial charge in [0.15, 0.2) is 11.9 Å². The van der Waals surface area contributed by atoms with Crippen molar-refractivity contribution in [3.05, 3.63) is 23.6 Å². The molecule has 0 bridgehead atoms. The summed E-state index contributed by atoms with van der Waals surface area (Å²) >= 11 is 1.47. The van der Waals surface area contributed by atoms with E-state index in [2.05, 4.69) is 15.5 Å². The van der Waals surface area contributed by atoms with E-state index in [-0.39, 0.29) is 0 Å². The van der Waals surface area contributed by atoms with Crippen LogP contribution in [0.1, 0.15) is 13.0 Å². The molecule has 1 unspecified atom stereocenters. The maximum atomic E-state index is 11.1.